The maximum absolute atomic E-state index is 11.4. The van der Waals surface area contributed by atoms with Crippen LogP contribution in [0.15, 0.2) is 6.20 Å². The van der Waals surface area contributed by atoms with Gasteiger partial charge in [0.15, 0.2) is 0 Å². The van der Waals surface area contributed by atoms with Gasteiger partial charge in [-0.3, -0.25) is 9.48 Å². The molecule has 5 heteroatoms. The molecule has 0 aliphatic carbocycles. The SMILES string of the molecule is CCC(N)C(=O)Nc1cnn(C)c1C. The number of nitrogens with one attached hydrogen (secondary N) is 1. The number of rotatable bonds is 3. The lowest BCUT2D eigenvalue weighted by Gasteiger charge is -2.09. The van der Waals surface area contributed by atoms with Gasteiger partial charge in [-0.15, -0.1) is 0 Å². The number of hydrogen-bond donors (Lipinski definition) is 2. The summed E-state index contributed by atoms with van der Waals surface area (Å²) in [7, 11) is 1.82. The predicted molar refractivity (Wildman–Crippen MR) is 54.8 cm³/mol. The van der Waals surface area contributed by atoms with E-state index in [9.17, 15) is 4.79 Å². The highest BCUT2D eigenvalue weighted by Crippen LogP contribution is 2.12. The van der Waals surface area contributed by atoms with E-state index in [1.807, 2.05) is 20.9 Å². The molecule has 1 unspecified atom stereocenters. The number of nitrogens with two attached hydrogens (primary N) is 1. The standard InChI is InChI=1S/C9H16N4O/c1-4-7(10)9(14)12-8-5-11-13(3)6(8)2/h5,7H,4,10H2,1-3H3,(H,12,14). The lowest BCUT2D eigenvalue weighted by Crippen LogP contribution is -2.34. The van der Waals surface area contributed by atoms with Gasteiger partial charge in [0.25, 0.3) is 0 Å². The van der Waals surface area contributed by atoms with Gasteiger partial charge < -0.3 is 11.1 Å². The van der Waals surface area contributed by atoms with Crippen molar-refractivity contribution in [3.05, 3.63) is 11.9 Å². The quantitative estimate of drug-likeness (QED) is 0.735. The maximum Gasteiger partial charge on any atom is 0.241 e. The number of aryl methyl sites for hydroxylation is 1. The third-order valence-electron chi connectivity index (χ3n) is 2.27. The number of aromatic nitrogens is 2. The molecule has 0 radical (unpaired) electrons. The van der Waals surface area contributed by atoms with E-state index in [-0.39, 0.29) is 5.91 Å². The highest BCUT2D eigenvalue weighted by atomic mass is 16.2. The first-order valence-electron chi connectivity index (χ1n) is 4.61. The van der Waals surface area contributed by atoms with Crippen LogP contribution in [0.2, 0.25) is 0 Å². The first kappa shape index (κ1) is 10.7. The number of hydrogen-bond acceptors (Lipinski definition) is 3. The first-order chi connectivity index (χ1) is 6.56. The van der Waals surface area contributed by atoms with Crippen LogP contribution < -0.4 is 11.1 Å². The van der Waals surface area contributed by atoms with Crippen molar-refractivity contribution in [2.45, 2.75) is 26.3 Å². The summed E-state index contributed by atoms with van der Waals surface area (Å²) in [5.41, 5.74) is 7.22. The Morgan fingerprint density at radius 2 is 2.43 bits per heavy atom. The van der Waals surface area contributed by atoms with Gasteiger partial charge in [0.1, 0.15) is 0 Å². The molecule has 1 aromatic rings. The zero-order valence-electron chi connectivity index (χ0n) is 8.74. The molecule has 3 N–H and O–H groups in total. The lowest BCUT2D eigenvalue weighted by molar-refractivity contribution is -0.117. The lowest BCUT2D eigenvalue weighted by atomic mass is 10.2. The second kappa shape index (κ2) is 4.23. The molecule has 1 amide bonds. The fourth-order valence-corrected chi connectivity index (χ4v) is 1.03. The van der Waals surface area contributed by atoms with Crippen molar-refractivity contribution in [2.24, 2.45) is 12.8 Å². The van der Waals surface area contributed by atoms with Crippen LogP contribution in [0.4, 0.5) is 5.69 Å². The number of carbonyl (C=O) groups is 1. The van der Waals surface area contributed by atoms with E-state index in [1.54, 1.807) is 10.9 Å². The molecule has 0 aromatic carbocycles. The number of anilines is 1. The molecule has 0 saturated heterocycles. The third-order valence-corrected chi connectivity index (χ3v) is 2.27. The monoisotopic (exact) mass is 196 g/mol. The van der Waals surface area contributed by atoms with Crippen LogP contribution in [0.1, 0.15) is 19.0 Å². The molecule has 1 heterocycles. The van der Waals surface area contributed by atoms with Gasteiger partial charge in [-0.25, -0.2) is 0 Å². The summed E-state index contributed by atoms with van der Waals surface area (Å²) in [4.78, 5) is 11.4. The summed E-state index contributed by atoms with van der Waals surface area (Å²) < 4.78 is 1.70. The van der Waals surface area contributed by atoms with E-state index in [2.05, 4.69) is 10.4 Å². The summed E-state index contributed by atoms with van der Waals surface area (Å²) in [6, 6.07) is -0.449. The van der Waals surface area contributed by atoms with Crippen LogP contribution in [0, 0.1) is 6.92 Å². The molecule has 0 spiro atoms. The van der Waals surface area contributed by atoms with Crippen molar-refractivity contribution in [3.63, 3.8) is 0 Å². The van der Waals surface area contributed by atoms with E-state index in [1.165, 1.54) is 0 Å². The molecule has 14 heavy (non-hydrogen) atoms. The zero-order chi connectivity index (χ0) is 10.7. The summed E-state index contributed by atoms with van der Waals surface area (Å²) in [5, 5.41) is 6.75. The Balaban J connectivity index is 2.70. The fourth-order valence-electron chi connectivity index (χ4n) is 1.03. The van der Waals surface area contributed by atoms with Crippen LogP contribution in [0.25, 0.3) is 0 Å². The van der Waals surface area contributed by atoms with Crippen molar-refractivity contribution in [1.29, 1.82) is 0 Å². The molecular formula is C9H16N4O. The summed E-state index contributed by atoms with van der Waals surface area (Å²) in [6.07, 6.45) is 2.25. The smallest absolute Gasteiger partial charge is 0.241 e. The number of carbonyl (C=O) groups excluding carboxylic acids is 1. The molecule has 78 valence electrons. The van der Waals surface area contributed by atoms with E-state index >= 15 is 0 Å². The molecule has 5 nitrogen and oxygen atoms in total. The Labute approximate surface area is 83.3 Å². The Morgan fingerprint density at radius 1 is 1.79 bits per heavy atom. The molecule has 0 aliphatic rings. The molecule has 1 rings (SSSR count). The van der Waals surface area contributed by atoms with E-state index in [4.69, 9.17) is 5.73 Å². The summed E-state index contributed by atoms with van der Waals surface area (Å²) >= 11 is 0. The minimum Gasteiger partial charge on any atom is -0.322 e. The number of nitrogens with zero attached hydrogens (tertiary/aromatic N) is 2. The molecular weight excluding hydrogens is 180 g/mol. The van der Waals surface area contributed by atoms with Crippen molar-refractivity contribution >= 4 is 11.6 Å². The third kappa shape index (κ3) is 2.11. The minimum absolute atomic E-state index is 0.163. The maximum atomic E-state index is 11.4. The Morgan fingerprint density at radius 3 is 2.86 bits per heavy atom. The normalized spacial score (nSPS) is 12.6. The van der Waals surface area contributed by atoms with Crippen molar-refractivity contribution in [1.82, 2.24) is 9.78 Å². The average Bonchev–Trinajstić information content (AvgIpc) is 2.48. The zero-order valence-corrected chi connectivity index (χ0v) is 8.74. The molecule has 1 aromatic heterocycles. The Kier molecular flexibility index (Phi) is 3.24. The molecule has 0 bridgehead atoms. The largest absolute Gasteiger partial charge is 0.322 e. The van der Waals surface area contributed by atoms with Crippen molar-refractivity contribution in [3.8, 4) is 0 Å². The van der Waals surface area contributed by atoms with Gasteiger partial charge in [0.05, 0.1) is 23.6 Å². The van der Waals surface area contributed by atoms with Gasteiger partial charge in [0, 0.05) is 7.05 Å². The van der Waals surface area contributed by atoms with Crippen LogP contribution in [0.5, 0.6) is 0 Å². The van der Waals surface area contributed by atoms with E-state index in [0.717, 1.165) is 11.4 Å². The van der Waals surface area contributed by atoms with Gasteiger partial charge >= 0.3 is 0 Å². The first-order valence-corrected chi connectivity index (χ1v) is 4.61. The van der Waals surface area contributed by atoms with Gasteiger partial charge in [-0.05, 0) is 13.3 Å². The second-order valence-corrected chi connectivity index (χ2v) is 3.27. The van der Waals surface area contributed by atoms with Crippen LogP contribution in [-0.4, -0.2) is 21.7 Å². The van der Waals surface area contributed by atoms with Crippen LogP contribution in [0.3, 0.4) is 0 Å². The number of amides is 1. The summed E-state index contributed by atoms with van der Waals surface area (Å²) in [6.45, 7) is 3.76. The van der Waals surface area contributed by atoms with Gasteiger partial charge in [0.2, 0.25) is 5.91 Å². The highest BCUT2D eigenvalue weighted by Gasteiger charge is 2.13. The molecule has 0 aliphatic heterocycles. The molecule has 0 saturated carbocycles. The second-order valence-electron chi connectivity index (χ2n) is 3.27. The predicted octanol–water partition coefficient (Wildman–Crippen LogP) is 0.404. The van der Waals surface area contributed by atoms with Gasteiger partial charge in [-0.1, -0.05) is 6.92 Å². The van der Waals surface area contributed by atoms with Crippen molar-refractivity contribution in [2.75, 3.05) is 5.32 Å². The van der Waals surface area contributed by atoms with Crippen LogP contribution in [-0.2, 0) is 11.8 Å². The minimum atomic E-state index is -0.449. The highest BCUT2D eigenvalue weighted by molar-refractivity contribution is 5.94. The van der Waals surface area contributed by atoms with Gasteiger partial charge in [-0.2, -0.15) is 5.10 Å². The Hall–Kier alpha value is -1.36. The average molecular weight is 196 g/mol. The molecule has 1 atom stereocenters. The molecule has 0 fully saturated rings. The summed E-state index contributed by atoms with van der Waals surface area (Å²) in [5.74, 6) is -0.163. The van der Waals surface area contributed by atoms with E-state index in [0.29, 0.717) is 6.42 Å². The topological polar surface area (TPSA) is 72.9 Å². The fraction of sp³-hybridized carbons (Fsp3) is 0.556. The van der Waals surface area contributed by atoms with Crippen LogP contribution >= 0.6 is 0 Å². The Bertz CT molecular complexity index is 332. The van der Waals surface area contributed by atoms with Crippen molar-refractivity contribution < 1.29 is 4.79 Å². The van der Waals surface area contributed by atoms with E-state index < -0.39 is 6.04 Å².